The lowest BCUT2D eigenvalue weighted by molar-refractivity contribution is 0.150. The Balaban J connectivity index is 3.32. The average molecular weight is 323 g/mol. The molecule has 0 aliphatic carbocycles. The highest BCUT2D eigenvalue weighted by atomic mass is 127. The highest BCUT2D eigenvalue weighted by Crippen LogP contribution is 2.27. The van der Waals surface area contributed by atoms with Crippen molar-refractivity contribution in [1.82, 2.24) is 4.98 Å². The van der Waals surface area contributed by atoms with Crippen LogP contribution in [-0.2, 0) is 13.0 Å². The van der Waals surface area contributed by atoms with Crippen molar-refractivity contribution in [3.8, 4) is 6.07 Å². The van der Waals surface area contributed by atoms with E-state index < -0.39 is 6.43 Å². The van der Waals surface area contributed by atoms with Crippen LogP contribution in [0.15, 0.2) is 6.20 Å². The first-order chi connectivity index (χ1) is 7.11. The van der Waals surface area contributed by atoms with Crippen LogP contribution >= 0.6 is 22.6 Å². The number of nitrogens with zero attached hydrogens (tertiary/aromatic N) is 2. The zero-order chi connectivity index (χ0) is 11.4. The van der Waals surface area contributed by atoms with E-state index in [1.807, 2.05) is 28.7 Å². The van der Waals surface area contributed by atoms with E-state index in [9.17, 15) is 8.78 Å². The Bertz CT molecular complexity index is 401. The first-order valence-electron chi connectivity index (χ1n) is 4.13. The second-order valence-electron chi connectivity index (χ2n) is 2.79. The summed E-state index contributed by atoms with van der Waals surface area (Å²) in [6, 6.07) is 1.86. The Labute approximate surface area is 99.4 Å². The van der Waals surface area contributed by atoms with Crippen molar-refractivity contribution >= 4 is 22.6 Å². The number of halogens is 3. The Morgan fingerprint density at radius 2 is 2.27 bits per heavy atom. The minimum atomic E-state index is -2.61. The minimum Gasteiger partial charge on any atom is -0.325 e. The first kappa shape index (κ1) is 12.3. The van der Waals surface area contributed by atoms with Gasteiger partial charge in [0, 0.05) is 21.9 Å². The summed E-state index contributed by atoms with van der Waals surface area (Å²) in [5, 5.41) is 8.56. The van der Waals surface area contributed by atoms with Gasteiger partial charge in [0.2, 0.25) is 0 Å². The van der Waals surface area contributed by atoms with Gasteiger partial charge in [0.15, 0.2) is 0 Å². The molecule has 1 heterocycles. The summed E-state index contributed by atoms with van der Waals surface area (Å²) in [6.07, 6.45) is -1.56. The van der Waals surface area contributed by atoms with Gasteiger partial charge in [-0.15, -0.1) is 0 Å². The summed E-state index contributed by atoms with van der Waals surface area (Å²) in [6.45, 7) is 0.181. The third kappa shape index (κ3) is 2.60. The van der Waals surface area contributed by atoms with Crippen molar-refractivity contribution in [1.29, 1.82) is 5.26 Å². The van der Waals surface area contributed by atoms with Crippen LogP contribution in [0.5, 0.6) is 0 Å². The number of nitriles is 1. The van der Waals surface area contributed by atoms with Crippen molar-refractivity contribution in [3.63, 3.8) is 0 Å². The second kappa shape index (κ2) is 5.32. The van der Waals surface area contributed by atoms with Gasteiger partial charge in [-0.3, -0.25) is 4.98 Å². The first-order valence-corrected chi connectivity index (χ1v) is 5.21. The van der Waals surface area contributed by atoms with Crippen LogP contribution in [0.1, 0.15) is 23.2 Å². The lowest BCUT2D eigenvalue weighted by Crippen LogP contribution is -2.08. The van der Waals surface area contributed by atoms with Gasteiger partial charge in [-0.1, -0.05) is 0 Å². The fraction of sp³-hybridized carbons (Fsp3) is 0.333. The predicted molar refractivity (Wildman–Crippen MR) is 59.1 cm³/mol. The van der Waals surface area contributed by atoms with Crippen LogP contribution < -0.4 is 5.73 Å². The van der Waals surface area contributed by atoms with E-state index in [1.165, 1.54) is 0 Å². The number of hydrogen-bond acceptors (Lipinski definition) is 3. The summed E-state index contributed by atoms with van der Waals surface area (Å²) in [4.78, 5) is 3.84. The van der Waals surface area contributed by atoms with Crippen LogP contribution in [0.25, 0.3) is 0 Å². The summed E-state index contributed by atoms with van der Waals surface area (Å²) < 4.78 is 25.7. The van der Waals surface area contributed by atoms with E-state index in [-0.39, 0.29) is 18.5 Å². The molecule has 0 saturated carbocycles. The molecule has 0 aliphatic rings. The van der Waals surface area contributed by atoms with Gasteiger partial charge in [0.1, 0.15) is 0 Å². The van der Waals surface area contributed by atoms with Crippen molar-refractivity contribution in [2.45, 2.75) is 19.4 Å². The Hall–Kier alpha value is -0.810. The monoisotopic (exact) mass is 323 g/mol. The van der Waals surface area contributed by atoms with Crippen molar-refractivity contribution < 1.29 is 8.78 Å². The van der Waals surface area contributed by atoms with E-state index in [1.54, 1.807) is 0 Å². The molecule has 1 aromatic heterocycles. The average Bonchev–Trinajstić information content (AvgIpc) is 2.20. The van der Waals surface area contributed by atoms with Gasteiger partial charge in [-0.25, -0.2) is 8.78 Å². The third-order valence-corrected chi connectivity index (χ3v) is 3.18. The Morgan fingerprint density at radius 3 is 2.73 bits per heavy atom. The van der Waals surface area contributed by atoms with E-state index >= 15 is 0 Å². The molecule has 0 aliphatic heterocycles. The number of pyridine rings is 1. The molecule has 80 valence electrons. The van der Waals surface area contributed by atoms with Crippen LogP contribution in [0.4, 0.5) is 8.78 Å². The zero-order valence-corrected chi connectivity index (χ0v) is 9.83. The van der Waals surface area contributed by atoms with E-state index in [4.69, 9.17) is 11.0 Å². The summed E-state index contributed by atoms with van der Waals surface area (Å²) in [5.41, 5.74) is 6.11. The molecule has 0 aromatic carbocycles. The second-order valence-corrected chi connectivity index (χ2v) is 3.87. The maximum atomic E-state index is 12.6. The molecule has 0 atom stereocenters. The molecule has 0 radical (unpaired) electrons. The molecule has 15 heavy (non-hydrogen) atoms. The van der Waals surface area contributed by atoms with E-state index in [0.29, 0.717) is 14.8 Å². The predicted octanol–water partition coefficient (Wildman–Crippen LogP) is 2.15. The van der Waals surface area contributed by atoms with Crippen LogP contribution in [0, 0.1) is 14.9 Å². The molecule has 0 spiro atoms. The number of hydrogen-bond donors (Lipinski definition) is 1. The molecule has 2 N–H and O–H groups in total. The largest absolute Gasteiger partial charge is 0.325 e. The molecular weight excluding hydrogens is 315 g/mol. The number of alkyl halides is 2. The number of nitrogens with two attached hydrogens (primary N) is 1. The van der Waals surface area contributed by atoms with Gasteiger partial charge in [0.05, 0.1) is 18.2 Å². The molecular formula is C9H8F2IN3. The summed E-state index contributed by atoms with van der Waals surface area (Å²) >= 11 is 1.90. The third-order valence-electron chi connectivity index (χ3n) is 1.91. The van der Waals surface area contributed by atoms with Crippen molar-refractivity contribution in [3.05, 3.63) is 26.6 Å². The standard InChI is InChI=1S/C9H8F2IN3/c10-9(11)6-4-15-7(3-14)8(12)5(6)1-2-13/h4,9H,1,3,14H2. The molecule has 0 bridgehead atoms. The van der Waals surface area contributed by atoms with Crippen LogP contribution in [0.3, 0.4) is 0 Å². The molecule has 0 fully saturated rings. The maximum absolute atomic E-state index is 12.6. The molecule has 0 saturated heterocycles. The molecule has 6 heteroatoms. The molecule has 1 rings (SSSR count). The topological polar surface area (TPSA) is 62.7 Å². The van der Waals surface area contributed by atoms with Crippen molar-refractivity contribution in [2.75, 3.05) is 0 Å². The Kier molecular flexibility index (Phi) is 4.35. The molecule has 1 aromatic rings. The van der Waals surface area contributed by atoms with Gasteiger partial charge >= 0.3 is 0 Å². The number of aromatic nitrogens is 1. The zero-order valence-electron chi connectivity index (χ0n) is 7.67. The van der Waals surface area contributed by atoms with Gasteiger partial charge in [0.25, 0.3) is 6.43 Å². The highest BCUT2D eigenvalue weighted by molar-refractivity contribution is 14.1. The van der Waals surface area contributed by atoms with Gasteiger partial charge in [-0.2, -0.15) is 5.26 Å². The normalized spacial score (nSPS) is 10.4. The van der Waals surface area contributed by atoms with Crippen molar-refractivity contribution in [2.24, 2.45) is 5.73 Å². The molecule has 0 amide bonds. The Morgan fingerprint density at radius 1 is 1.60 bits per heavy atom. The van der Waals surface area contributed by atoms with E-state index in [2.05, 4.69) is 4.98 Å². The quantitative estimate of drug-likeness (QED) is 0.867. The van der Waals surface area contributed by atoms with Crippen LogP contribution in [-0.4, -0.2) is 4.98 Å². The lowest BCUT2D eigenvalue weighted by atomic mass is 10.1. The van der Waals surface area contributed by atoms with Crippen LogP contribution in [0.2, 0.25) is 0 Å². The van der Waals surface area contributed by atoms with E-state index in [0.717, 1.165) is 6.20 Å². The molecule has 0 unspecified atom stereocenters. The van der Waals surface area contributed by atoms with Gasteiger partial charge in [-0.05, 0) is 28.2 Å². The van der Waals surface area contributed by atoms with Gasteiger partial charge < -0.3 is 5.73 Å². The SMILES string of the molecule is N#CCc1c(C(F)F)cnc(CN)c1I. The summed E-state index contributed by atoms with van der Waals surface area (Å²) in [5.74, 6) is 0. The summed E-state index contributed by atoms with van der Waals surface area (Å²) in [7, 11) is 0. The number of rotatable bonds is 3. The fourth-order valence-corrected chi connectivity index (χ4v) is 2.03. The molecule has 3 nitrogen and oxygen atoms in total. The lowest BCUT2D eigenvalue weighted by Gasteiger charge is -2.10. The smallest absolute Gasteiger partial charge is 0.265 e. The minimum absolute atomic E-state index is 0.0481. The fourth-order valence-electron chi connectivity index (χ4n) is 1.17. The maximum Gasteiger partial charge on any atom is 0.265 e. The highest BCUT2D eigenvalue weighted by Gasteiger charge is 2.18.